The van der Waals surface area contributed by atoms with Crippen molar-refractivity contribution in [3.63, 3.8) is 0 Å². The van der Waals surface area contributed by atoms with Gasteiger partial charge in [0.1, 0.15) is 0 Å². The van der Waals surface area contributed by atoms with E-state index in [2.05, 4.69) is 19.2 Å². The van der Waals surface area contributed by atoms with E-state index < -0.39 is 15.7 Å². The molecular weight excluding hydrogens is 426 g/mol. The minimum absolute atomic E-state index is 0.117. The van der Waals surface area contributed by atoms with Gasteiger partial charge >= 0.3 is 0 Å². The Morgan fingerprint density at radius 3 is 2.63 bits per heavy atom. The van der Waals surface area contributed by atoms with Crippen molar-refractivity contribution in [2.24, 2.45) is 5.92 Å². The Hall–Kier alpha value is -1.19. The van der Waals surface area contributed by atoms with Crippen molar-refractivity contribution in [1.82, 2.24) is 14.5 Å². The van der Waals surface area contributed by atoms with E-state index in [1.165, 1.54) is 10.4 Å². The van der Waals surface area contributed by atoms with Crippen LogP contribution in [0.2, 0.25) is 5.02 Å². The number of nitrogens with one attached hydrogen (secondary N) is 1. The van der Waals surface area contributed by atoms with Crippen LogP contribution in [0.4, 0.5) is 0 Å². The second kappa shape index (κ2) is 9.53. The molecule has 0 radical (unpaired) electrons. The summed E-state index contributed by atoms with van der Waals surface area (Å²) >= 11 is 6.00. The molecule has 0 saturated carbocycles. The number of hydrogen-bond donors (Lipinski definition) is 1. The molecule has 2 atom stereocenters. The summed E-state index contributed by atoms with van der Waals surface area (Å²) in [4.78, 5) is 15.3. The molecule has 3 rings (SSSR count). The Morgan fingerprint density at radius 1 is 1.33 bits per heavy atom. The number of hydrogen-bond acceptors (Lipinski definition) is 5. The van der Waals surface area contributed by atoms with Gasteiger partial charge in [0.05, 0.1) is 16.6 Å². The number of sulfonamides is 1. The summed E-state index contributed by atoms with van der Waals surface area (Å²) in [6.45, 7) is 6.06. The van der Waals surface area contributed by atoms with Crippen molar-refractivity contribution >= 4 is 27.5 Å². The number of nitrogens with zero attached hydrogens (tertiary/aromatic N) is 2. The third-order valence-electron chi connectivity index (χ3n) is 6.40. The van der Waals surface area contributed by atoms with Crippen molar-refractivity contribution in [1.29, 1.82) is 0 Å². The van der Waals surface area contributed by atoms with E-state index in [0.717, 1.165) is 12.8 Å². The Labute approximate surface area is 184 Å². The number of carbonyl (C=O) groups excluding carboxylic acids is 1. The number of halogens is 1. The van der Waals surface area contributed by atoms with Gasteiger partial charge in [-0.25, -0.2) is 8.42 Å². The highest BCUT2D eigenvalue weighted by atomic mass is 35.5. The van der Waals surface area contributed by atoms with Crippen LogP contribution in [-0.2, 0) is 19.6 Å². The molecule has 1 aromatic rings. The van der Waals surface area contributed by atoms with Crippen LogP contribution in [0.3, 0.4) is 0 Å². The molecule has 2 fully saturated rings. The van der Waals surface area contributed by atoms with Crippen LogP contribution >= 0.6 is 11.6 Å². The summed E-state index contributed by atoms with van der Waals surface area (Å²) in [6.07, 6.45) is 2.76. The predicted molar refractivity (Wildman–Crippen MR) is 117 cm³/mol. The summed E-state index contributed by atoms with van der Waals surface area (Å²) in [7, 11) is -1.97. The van der Waals surface area contributed by atoms with Crippen LogP contribution < -0.4 is 5.32 Å². The number of ether oxygens (including phenoxy) is 1. The van der Waals surface area contributed by atoms with E-state index in [1.807, 2.05) is 4.90 Å². The van der Waals surface area contributed by atoms with Gasteiger partial charge in [-0.1, -0.05) is 37.9 Å². The van der Waals surface area contributed by atoms with Crippen molar-refractivity contribution in [3.8, 4) is 0 Å². The van der Waals surface area contributed by atoms with Crippen LogP contribution in [0.5, 0.6) is 0 Å². The zero-order valence-corrected chi connectivity index (χ0v) is 19.5. The lowest BCUT2D eigenvalue weighted by Gasteiger charge is -2.44. The molecule has 0 aliphatic carbocycles. The molecule has 2 aliphatic rings. The highest BCUT2D eigenvalue weighted by Crippen LogP contribution is 2.36. The highest BCUT2D eigenvalue weighted by Gasteiger charge is 2.53. The molecule has 1 aromatic carbocycles. The molecule has 30 heavy (non-hydrogen) atoms. The number of amides is 1. The smallest absolute Gasteiger partial charge is 0.243 e. The molecule has 2 saturated heterocycles. The minimum atomic E-state index is -3.62. The van der Waals surface area contributed by atoms with Gasteiger partial charge in [0.2, 0.25) is 15.9 Å². The maximum atomic E-state index is 13.2. The van der Waals surface area contributed by atoms with Gasteiger partial charge in [0.25, 0.3) is 0 Å². The summed E-state index contributed by atoms with van der Waals surface area (Å²) < 4.78 is 32.8. The summed E-state index contributed by atoms with van der Waals surface area (Å²) in [5.41, 5.74) is -0.501. The average Bonchev–Trinajstić information content (AvgIpc) is 3.00. The molecule has 1 N–H and O–H groups in total. The molecule has 9 heteroatoms. The van der Waals surface area contributed by atoms with Crippen LogP contribution in [0.1, 0.15) is 39.5 Å². The molecule has 168 valence electrons. The fourth-order valence-electron chi connectivity index (χ4n) is 4.41. The summed E-state index contributed by atoms with van der Waals surface area (Å²) in [5.74, 6) is 0.335. The quantitative estimate of drug-likeness (QED) is 0.607. The second-order valence-electron chi connectivity index (χ2n) is 8.24. The number of rotatable bonds is 8. The Morgan fingerprint density at radius 2 is 2.03 bits per heavy atom. The fourth-order valence-corrected chi connectivity index (χ4v) is 6.15. The zero-order chi connectivity index (χ0) is 21.9. The number of methoxy groups -OCH3 is 1. The molecule has 0 unspecified atom stereocenters. The van der Waals surface area contributed by atoms with Gasteiger partial charge in [-0.05, 0) is 43.4 Å². The first-order valence-corrected chi connectivity index (χ1v) is 12.4. The van der Waals surface area contributed by atoms with Gasteiger partial charge in [0, 0.05) is 38.4 Å². The number of piperidine rings is 1. The molecule has 0 bridgehead atoms. The number of carbonyl (C=O) groups is 1. The van der Waals surface area contributed by atoms with Gasteiger partial charge in [-0.15, -0.1) is 0 Å². The van der Waals surface area contributed by atoms with Gasteiger partial charge in [-0.3, -0.25) is 10.1 Å². The fraction of sp³-hybridized carbons (Fsp3) is 0.667. The monoisotopic (exact) mass is 457 g/mol. The van der Waals surface area contributed by atoms with Gasteiger partial charge < -0.3 is 9.64 Å². The first-order chi connectivity index (χ1) is 14.2. The van der Waals surface area contributed by atoms with E-state index in [4.69, 9.17) is 16.3 Å². The van der Waals surface area contributed by atoms with Gasteiger partial charge in [-0.2, -0.15) is 4.31 Å². The maximum absolute atomic E-state index is 13.2. The van der Waals surface area contributed by atoms with Crippen LogP contribution in [0.25, 0.3) is 0 Å². The minimum Gasteiger partial charge on any atom is -0.385 e. The standard InChI is InChI=1S/C21H32ClN3O4S/c1-4-16(2)19-20(26)25(11-6-14-29-3)21(23-19)9-12-24(13-10-21)30(27,28)18-8-5-7-17(22)15-18/h5,7-8,15-16,19,23H,4,6,9-14H2,1-3H3/t16-,19-/m1/s1. The normalized spacial score (nSPS) is 23.3. The Balaban J connectivity index is 1.78. The third-order valence-corrected chi connectivity index (χ3v) is 8.53. The molecule has 7 nitrogen and oxygen atoms in total. The number of benzene rings is 1. The topological polar surface area (TPSA) is 79.0 Å². The Kier molecular flexibility index (Phi) is 7.45. The largest absolute Gasteiger partial charge is 0.385 e. The molecule has 2 aliphatic heterocycles. The highest BCUT2D eigenvalue weighted by molar-refractivity contribution is 7.89. The summed E-state index contributed by atoms with van der Waals surface area (Å²) in [6, 6.07) is 6.13. The molecule has 2 heterocycles. The zero-order valence-electron chi connectivity index (χ0n) is 17.9. The lowest BCUT2D eigenvalue weighted by atomic mass is 9.96. The van der Waals surface area contributed by atoms with E-state index in [1.54, 1.807) is 25.3 Å². The lowest BCUT2D eigenvalue weighted by Crippen LogP contribution is -2.59. The van der Waals surface area contributed by atoms with E-state index in [-0.39, 0.29) is 22.8 Å². The first kappa shape index (κ1) is 23.5. The molecular formula is C21H32ClN3O4S. The molecule has 0 aromatic heterocycles. The second-order valence-corrected chi connectivity index (χ2v) is 10.6. The van der Waals surface area contributed by atoms with Crippen molar-refractivity contribution in [2.45, 2.75) is 56.1 Å². The first-order valence-electron chi connectivity index (χ1n) is 10.6. The lowest BCUT2D eigenvalue weighted by molar-refractivity contribution is -0.134. The third kappa shape index (κ3) is 4.53. The predicted octanol–water partition coefficient (Wildman–Crippen LogP) is 2.70. The van der Waals surface area contributed by atoms with E-state index >= 15 is 0 Å². The Bertz CT molecular complexity index is 856. The van der Waals surface area contributed by atoms with Gasteiger partial charge in [0.15, 0.2) is 0 Å². The van der Waals surface area contributed by atoms with Crippen molar-refractivity contribution in [3.05, 3.63) is 29.3 Å². The SMILES string of the molecule is CC[C@@H](C)[C@H]1NC2(CCN(S(=O)(=O)c3cccc(Cl)c3)CC2)N(CCCOC)C1=O. The van der Waals surface area contributed by atoms with Crippen LogP contribution in [-0.4, -0.2) is 68.6 Å². The van der Waals surface area contributed by atoms with Crippen LogP contribution in [0, 0.1) is 5.92 Å². The molecule has 1 spiro atoms. The van der Waals surface area contributed by atoms with E-state index in [0.29, 0.717) is 44.1 Å². The van der Waals surface area contributed by atoms with Crippen molar-refractivity contribution < 1.29 is 17.9 Å². The van der Waals surface area contributed by atoms with E-state index in [9.17, 15) is 13.2 Å². The average molecular weight is 458 g/mol. The summed E-state index contributed by atoms with van der Waals surface area (Å²) in [5, 5.41) is 3.99. The molecule has 1 amide bonds. The van der Waals surface area contributed by atoms with Crippen molar-refractivity contribution in [2.75, 3.05) is 33.4 Å². The van der Waals surface area contributed by atoms with Crippen LogP contribution in [0.15, 0.2) is 29.2 Å². The maximum Gasteiger partial charge on any atom is 0.243 e.